The molecule has 106 valence electrons. The molecule has 1 aromatic carbocycles. The molecule has 19 heavy (non-hydrogen) atoms. The first kappa shape index (κ1) is 15.5. The second-order valence-electron chi connectivity index (χ2n) is 4.97. The lowest BCUT2D eigenvalue weighted by Crippen LogP contribution is -2.25. The molecular weight excluding hydrogens is 240 g/mol. The van der Waals surface area contributed by atoms with E-state index in [2.05, 4.69) is 5.32 Å². The number of ether oxygens (including phenoxy) is 1. The summed E-state index contributed by atoms with van der Waals surface area (Å²) in [5.41, 5.74) is 9.02. The molecule has 1 rings (SSSR count). The molecule has 1 unspecified atom stereocenters. The summed E-state index contributed by atoms with van der Waals surface area (Å²) in [5, 5.41) is 2.92. The van der Waals surface area contributed by atoms with Crippen LogP contribution in [0.1, 0.15) is 36.5 Å². The molecule has 0 aromatic heterocycles. The number of amides is 1. The van der Waals surface area contributed by atoms with Crippen LogP contribution in [0.25, 0.3) is 0 Å². The molecular formula is C15H24N2O2. The largest absolute Gasteiger partial charge is 0.496 e. The zero-order chi connectivity index (χ0) is 14.4. The van der Waals surface area contributed by atoms with E-state index >= 15 is 0 Å². The Bertz CT molecular complexity index is 442. The third-order valence-corrected chi connectivity index (χ3v) is 3.37. The van der Waals surface area contributed by atoms with E-state index < -0.39 is 0 Å². The quantitative estimate of drug-likeness (QED) is 0.826. The van der Waals surface area contributed by atoms with Gasteiger partial charge in [-0.3, -0.25) is 4.79 Å². The molecule has 1 aromatic rings. The van der Waals surface area contributed by atoms with Crippen LogP contribution in [-0.4, -0.2) is 19.1 Å². The van der Waals surface area contributed by atoms with Gasteiger partial charge in [-0.25, -0.2) is 0 Å². The van der Waals surface area contributed by atoms with Crippen LogP contribution in [0.2, 0.25) is 0 Å². The van der Waals surface area contributed by atoms with Gasteiger partial charge >= 0.3 is 0 Å². The molecule has 0 aliphatic rings. The molecule has 1 amide bonds. The highest BCUT2D eigenvalue weighted by atomic mass is 16.5. The summed E-state index contributed by atoms with van der Waals surface area (Å²) in [4.78, 5) is 11.6. The highest BCUT2D eigenvalue weighted by molar-refractivity contribution is 5.75. The van der Waals surface area contributed by atoms with Crippen molar-refractivity contribution in [2.45, 2.75) is 46.2 Å². The first-order chi connectivity index (χ1) is 8.95. The maximum absolute atomic E-state index is 11.6. The van der Waals surface area contributed by atoms with Gasteiger partial charge in [0.2, 0.25) is 5.91 Å². The third kappa shape index (κ3) is 4.56. The Morgan fingerprint density at radius 2 is 2.05 bits per heavy atom. The Labute approximate surface area is 115 Å². The summed E-state index contributed by atoms with van der Waals surface area (Å²) in [6.07, 6.45) is 1.19. The Morgan fingerprint density at radius 1 is 1.37 bits per heavy atom. The number of nitrogens with one attached hydrogen (secondary N) is 1. The summed E-state index contributed by atoms with van der Waals surface area (Å²) in [5.74, 6) is 0.926. The van der Waals surface area contributed by atoms with E-state index in [1.54, 1.807) is 7.11 Å². The van der Waals surface area contributed by atoms with Crippen molar-refractivity contribution in [3.05, 3.63) is 28.8 Å². The number of hydrogen-bond acceptors (Lipinski definition) is 3. The molecule has 0 radical (unpaired) electrons. The lowest BCUT2D eigenvalue weighted by molar-refractivity contribution is -0.121. The predicted molar refractivity (Wildman–Crippen MR) is 77.2 cm³/mol. The van der Waals surface area contributed by atoms with Crippen LogP contribution in [0.5, 0.6) is 5.75 Å². The molecule has 4 heteroatoms. The molecule has 0 aliphatic carbocycles. The van der Waals surface area contributed by atoms with Crippen LogP contribution in [0.15, 0.2) is 12.1 Å². The zero-order valence-electron chi connectivity index (χ0n) is 12.2. The van der Waals surface area contributed by atoms with Crippen molar-refractivity contribution in [3.63, 3.8) is 0 Å². The van der Waals surface area contributed by atoms with Crippen molar-refractivity contribution in [2.24, 2.45) is 5.73 Å². The number of carbonyl (C=O) groups is 1. The molecule has 0 saturated carbocycles. The number of benzene rings is 1. The topological polar surface area (TPSA) is 64.3 Å². The minimum absolute atomic E-state index is 0.0465. The van der Waals surface area contributed by atoms with Gasteiger partial charge in [-0.1, -0.05) is 6.07 Å². The van der Waals surface area contributed by atoms with Crippen LogP contribution < -0.4 is 15.8 Å². The molecule has 1 atom stereocenters. The summed E-state index contributed by atoms with van der Waals surface area (Å²) in [6, 6.07) is 3.99. The van der Waals surface area contributed by atoms with Crippen molar-refractivity contribution in [2.75, 3.05) is 7.11 Å². The summed E-state index contributed by atoms with van der Waals surface area (Å²) in [6.45, 7) is 6.52. The van der Waals surface area contributed by atoms with Crippen LogP contribution in [0.3, 0.4) is 0 Å². The molecule has 0 heterocycles. The van der Waals surface area contributed by atoms with Gasteiger partial charge in [-0.05, 0) is 49.9 Å². The van der Waals surface area contributed by atoms with Crippen molar-refractivity contribution < 1.29 is 9.53 Å². The number of methoxy groups -OCH3 is 1. The highest BCUT2D eigenvalue weighted by Crippen LogP contribution is 2.23. The van der Waals surface area contributed by atoms with E-state index in [1.165, 1.54) is 0 Å². The fourth-order valence-corrected chi connectivity index (χ4v) is 1.91. The van der Waals surface area contributed by atoms with Crippen LogP contribution >= 0.6 is 0 Å². The van der Waals surface area contributed by atoms with Gasteiger partial charge in [0.15, 0.2) is 0 Å². The van der Waals surface area contributed by atoms with E-state index in [-0.39, 0.29) is 11.9 Å². The average Bonchev–Trinajstić information content (AvgIpc) is 2.38. The summed E-state index contributed by atoms with van der Waals surface area (Å²) < 4.78 is 5.27. The lowest BCUT2D eigenvalue weighted by Gasteiger charge is -2.13. The molecule has 0 spiro atoms. The molecule has 0 fully saturated rings. The van der Waals surface area contributed by atoms with Gasteiger partial charge in [0.05, 0.1) is 7.11 Å². The van der Waals surface area contributed by atoms with Gasteiger partial charge < -0.3 is 15.8 Å². The van der Waals surface area contributed by atoms with Gasteiger partial charge in [0.1, 0.15) is 5.75 Å². The second kappa shape index (κ2) is 7.14. The van der Waals surface area contributed by atoms with Crippen LogP contribution in [0, 0.1) is 13.8 Å². The third-order valence-electron chi connectivity index (χ3n) is 3.37. The van der Waals surface area contributed by atoms with Crippen molar-refractivity contribution >= 4 is 5.91 Å². The van der Waals surface area contributed by atoms with Gasteiger partial charge in [0.25, 0.3) is 0 Å². The van der Waals surface area contributed by atoms with Crippen molar-refractivity contribution in [1.82, 2.24) is 5.32 Å². The lowest BCUT2D eigenvalue weighted by atomic mass is 10.0. The van der Waals surface area contributed by atoms with E-state index in [0.29, 0.717) is 19.4 Å². The van der Waals surface area contributed by atoms with E-state index in [0.717, 1.165) is 22.4 Å². The fourth-order valence-electron chi connectivity index (χ4n) is 1.91. The summed E-state index contributed by atoms with van der Waals surface area (Å²) >= 11 is 0. The van der Waals surface area contributed by atoms with Gasteiger partial charge in [0, 0.05) is 19.0 Å². The Kier molecular flexibility index (Phi) is 5.83. The Balaban J connectivity index is 2.59. The second-order valence-corrected chi connectivity index (χ2v) is 4.97. The fraction of sp³-hybridized carbons (Fsp3) is 0.533. The van der Waals surface area contributed by atoms with Crippen LogP contribution in [-0.2, 0) is 11.3 Å². The Morgan fingerprint density at radius 3 is 2.63 bits per heavy atom. The van der Waals surface area contributed by atoms with E-state index in [9.17, 15) is 4.79 Å². The smallest absolute Gasteiger partial charge is 0.220 e. The number of nitrogens with two attached hydrogens (primary N) is 1. The van der Waals surface area contributed by atoms with Crippen LogP contribution in [0.4, 0.5) is 0 Å². The van der Waals surface area contributed by atoms with Crippen molar-refractivity contribution in [3.8, 4) is 5.75 Å². The molecule has 0 aliphatic heterocycles. The van der Waals surface area contributed by atoms with Crippen molar-refractivity contribution in [1.29, 1.82) is 0 Å². The maximum Gasteiger partial charge on any atom is 0.220 e. The standard InChI is InChI=1S/C15H24N2O2/c1-10(16)5-8-15(18)17-9-13-6-7-14(19-4)12(3)11(13)2/h6-7,10H,5,8-9,16H2,1-4H3,(H,17,18). The van der Waals surface area contributed by atoms with E-state index in [4.69, 9.17) is 10.5 Å². The summed E-state index contributed by atoms with van der Waals surface area (Å²) in [7, 11) is 1.66. The minimum atomic E-state index is 0.0465. The van der Waals surface area contributed by atoms with Gasteiger partial charge in [-0.15, -0.1) is 0 Å². The van der Waals surface area contributed by atoms with Gasteiger partial charge in [-0.2, -0.15) is 0 Å². The highest BCUT2D eigenvalue weighted by Gasteiger charge is 2.08. The molecule has 4 nitrogen and oxygen atoms in total. The maximum atomic E-state index is 11.6. The first-order valence-electron chi connectivity index (χ1n) is 6.61. The molecule has 0 saturated heterocycles. The number of hydrogen-bond donors (Lipinski definition) is 2. The monoisotopic (exact) mass is 264 g/mol. The molecule has 3 N–H and O–H groups in total. The SMILES string of the molecule is COc1ccc(CNC(=O)CCC(C)N)c(C)c1C. The normalized spacial score (nSPS) is 12.1. The number of rotatable bonds is 6. The Hall–Kier alpha value is -1.55. The molecule has 0 bridgehead atoms. The zero-order valence-corrected chi connectivity index (χ0v) is 12.2. The van der Waals surface area contributed by atoms with E-state index in [1.807, 2.05) is 32.9 Å². The predicted octanol–water partition coefficient (Wildman–Crippen LogP) is 2.06. The average molecular weight is 264 g/mol. The first-order valence-corrected chi connectivity index (χ1v) is 6.61. The minimum Gasteiger partial charge on any atom is -0.496 e. The number of carbonyl (C=O) groups excluding carboxylic acids is 1.